The van der Waals surface area contributed by atoms with Crippen LogP contribution < -0.4 is 15.5 Å². The van der Waals surface area contributed by atoms with Gasteiger partial charge in [0.1, 0.15) is 12.6 Å². The average molecular weight is 366 g/mol. The number of thiazole rings is 1. The molecule has 1 atom stereocenters. The smallest absolute Gasteiger partial charge is 0.249 e. The van der Waals surface area contributed by atoms with Crippen molar-refractivity contribution in [3.05, 3.63) is 47.5 Å². The molecule has 132 valence electrons. The fourth-order valence-electron chi connectivity index (χ4n) is 3.10. The van der Waals surface area contributed by atoms with Crippen molar-refractivity contribution in [3.63, 3.8) is 0 Å². The van der Waals surface area contributed by atoms with Crippen molar-refractivity contribution in [2.24, 2.45) is 0 Å². The van der Waals surface area contributed by atoms with E-state index in [2.05, 4.69) is 15.6 Å². The highest BCUT2D eigenvalue weighted by Crippen LogP contribution is 2.30. The Hall–Kier alpha value is -2.93. The lowest BCUT2D eigenvalue weighted by molar-refractivity contribution is -0.122. The van der Waals surface area contributed by atoms with Crippen molar-refractivity contribution in [2.45, 2.75) is 19.9 Å². The van der Waals surface area contributed by atoms with Gasteiger partial charge in [0, 0.05) is 5.69 Å². The number of aryl methyl sites for hydroxylation is 1. The van der Waals surface area contributed by atoms with Crippen LogP contribution >= 0.6 is 11.3 Å². The summed E-state index contributed by atoms with van der Waals surface area (Å²) in [5.41, 5.74) is 3.19. The van der Waals surface area contributed by atoms with Gasteiger partial charge in [-0.25, -0.2) is 4.98 Å². The molecule has 0 aliphatic carbocycles. The Balaban J connectivity index is 1.56. The SMILES string of the molecule is Cc1nc2ccc(N[C@@H](C)C(=O)N3CC(=O)Nc4ccccc43)cc2s1. The van der Waals surface area contributed by atoms with Crippen LogP contribution in [0.3, 0.4) is 0 Å². The van der Waals surface area contributed by atoms with E-state index in [0.29, 0.717) is 5.69 Å². The second-order valence-corrected chi connectivity index (χ2v) is 7.51. The molecule has 0 radical (unpaired) electrons. The lowest BCUT2D eigenvalue weighted by Gasteiger charge is -2.31. The van der Waals surface area contributed by atoms with E-state index in [4.69, 9.17) is 0 Å². The molecule has 3 aromatic rings. The van der Waals surface area contributed by atoms with Crippen molar-refractivity contribution in [1.29, 1.82) is 0 Å². The Bertz CT molecular complexity index is 1010. The third-order valence-corrected chi connectivity index (χ3v) is 5.22. The minimum Gasteiger partial charge on any atom is -0.374 e. The van der Waals surface area contributed by atoms with Crippen LogP contribution in [0.25, 0.3) is 10.2 Å². The molecule has 26 heavy (non-hydrogen) atoms. The number of anilines is 3. The fourth-order valence-corrected chi connectivity index (χ4v) is 3.97. The standard InChI is InChI=1S/C19H18N4O2S/c1-11(20-13-7-8-15-17(9-13)26-12(2)21-15)19(25)23-10-18(24)22-14-5-3-4-6-16(14)23/h3-9,11,20H,10H2,1-2H3,(H,22,24)/t11-/m0/s1. The summed E-state index contributed by atoms with van der Waals surface area (Å²) in [6.45, 7) is 3.80. The highest BCUT2D eigenvalue weighted by atomic mass is 32.1. The molecule has 0 fully saturated rings. The van der Waals surface area contributed by atoms with E-state index in [1.165, 1.54) is 4.90 Å². The summed E-state index contributed by atoms with van der Waals surface area (Å²) in [6.07, 6.45) is 0. The first-order chi connectivity index (χ1) is 12.5. The number of para-hydroxylation sites is 2. The van der Waals surface area contributed by atoms with Gasteiger partial charge in [-0.05, 0) is 44.2 Å². The van der Waals surface area contributed by atoms with Crippen LogP contribution in [-0.4, -0.2) is 29.4 Å². The van der Waals surface area contributed by atoms with E-state index in [9.17, 15) is 9.59 Å². The summed E-state index contributed by atoms with van der Waals surface area (Å²) >= 11 is 1.62. The predicted octanol–water partition coefficient (Wildman–Crippen LogP) is 3.39. The third-order valence-electron chi connectivity index (χ3n) is 4.29. The zero-order valence-electron chi connectivity index (χ0n) is 14.4. The van der Waals surface area contributed by atoms with Gasteiger partial charge in [-0.2, -0.15) is 0 Å². The first kappa shape index (κ1) is 16.5. The molecule has 1 aromatic heterocycles. The molecule has 0 saturated carbocycles. The zero-order valence-corrected chi connectivity index (χ0v) is 15.3. The minimum absolute atomic E-state index is 0.0228. The highest BCUT2D eigenvalue weighted by Gasteiger charge is 2.29. The summed E-state index contributed by atoms with van der Waals surface area (Å²) in [5, 5.41) is 7.05. The molecular weight excluding hydrogens is 348 g/mol. The van der Waals surface area contributed by atoms with Gasteiger partial charge in [-0.3, -0.25) is 14.5 Å². The lowest BCUT2D eigenvalue weighted by Crippen LogP contribution is -2.47. The van der Waals surface area contributed by atoms with E-state index in [1.54, 1.807) is 24.3 Å². The van der Waals surface area contributed by atoms with Crippen LogP contribution in [0, 0.1) is 6.92 Å². The first-order valence-electron chi connectivity index (χ1n) is 8.35. The van der Waals surface area contributed by atoms with Gasteiger partial charge < -0.3 is 10.6 Å². The monoisotopic (exact) mass is 366 g/mol. The molecule has 6 nitrogen and oxygen atoms in total. The Morgan fingerprint density at radius 3 is 2.96 bits per heavy atom. The van der Waals surface area contributed by atoms with Gasteiger partial charge in [0.05, 0.1) is 26.6 Å². The summed E-state index contributed by atoms with van der Waals surface area (Å²) in [5.74, 6) is -0.335. The maximum atomic E-state index is 13.0. The molecule has 0 spiro atoms. The number of carbonyl (C=O) groups is 2. The van der Waals surface area contributed by atoms with Crippen molar-refractivity contribution in [1.82, 2.24) is 4.98 Å². The average Bonchev–Trinajstić information content (AvgIpc) is 2.99. The zero-order chi connectivity index (χ0) is 18.3. The Morgan fingerprint density at radius 2 is 2.12 bits per heavy atom. The number of hydrogen-bond donors (Lipinski definition) is 2. The Morgan fingerprint density at radius 1 is 1.31 bits per heavy atom. The van der Waals surface area contributed by atoms with Crippen molar-refractivity contribution in [3.8, 4) is 0 Å². The molecule has 2 amide bonds. The molecule has 4 rings (SSSR count). The molecule has 2 heterocycles. The number of fused-ring (bicyclic) bond motifs is 2. The van der Waals surface area contributed by atoms with Gasteiger partial charge in [0.25, 0.3) is 0 Å². The maximum Gasteiger partial charge on any atom is 0.249 e. The highest BCUT2D eigenvalue weighted by molar-refractivity contribution is 7.18. The predicted molar refractivity (Wildman–Crippen MR) is 105 cm³/mol. The topological polar surface area (TPSA) is 74.3 Å². The Labute approximate surface area is 154 Å². The molecule has 1 aliphatic heterocycles. The van der Waals surface area contributed by atoms with E-state index < -0.39 is 6.04 Å². The van der Waals surface area contributed by atoms with Crippen molar-refractivity contribution >= 4 is 50.4 Å². The van der Waals surface area contributed by atoms with E-state index in [1.807, 2.05) is 43.3 Å². The summed E-state index contributed by atoms with van der Waals surface area (Å²) in [7, 11) is 0. The molecule has 1 aliphatic rings. The molecule has 7 heteroatoms. The number of nitrogens with one attached hydrogen (secondary N) is 2. The van der Waals surface area contributed by atoms with Gasteiger partial charge in [-0.15, -0.1) is 11.3 Å². The normalized spacial score (nSPS) is 14.7. The van der Waals surface area contributed by atoms with E-state index >= 15 is 0 Å². The number of amides is 2. The number of rotatable bonds is 3. The van der Waals surface area contributed by atoms with Crippen molar-refractivity contribution in [2.75, 3.05) is 22.1 Å². The van der Waals surface area contributed by atoms with Gasteiger partial charge in [0.15, 0.2) is 0 Å². The van der Waals surface area contributed by atoms with Crippen LogP contribution in [-0.2, 0) is 9.59 Å². The minimum atomic E-state index is -0.472. The molecule has 0 bridgehead atoms. The van der Waals surface area contributed by atoms with Crippen molar-refractivity contribution < 1.29 is 9.59 Å². The van der Waals surface area contributed by atoms with Gasteiger partial charge in [0.2, 0.25) is 11.8 Å². The van der Waals surface area contributed by atoms with E-state index in [-0.39, 0.29) is 18.4 Å². The molecule has 2 N–H and O–H groups in total. The second-order valence-electron chi connectivity index (χ2n) is 6.27. The van der Waals surface area contributed by atoms with Gasteiger partial charge in [-0.1, -0.05) is 12.1 Å². The molecular formula is C19H18N4O2S. The maximum absolute atomic E-state index is 13.0. The summed E-state index contributed by atoms with van der Waals surface area (Å²) in [4.78, 5) is 30.9. The number of benzene rings is 2. The van der Waals surface area contributed by atoms with Crippen LogP contribution in [0.1, 0.15) is 11.9 Å². The quantitative estimate of drug-likeness (QED) is 0.745. The molecule has 0 saturated heterocycles. The summed E-state index contributed by atoms with van der Waals surface area (Å²) < 4.78 is 1.08. The lowest BCUT2D eigenvalue weighted by atomic mass is 10.1. The first-order valence-corrected chi connectivity index (χ1v) is 9.17. The Kier molecular flexibility index (Phi) is 4.08. The summed E-state index contributed by atoms with van der Waals surface area (Å²) in [6, 6.07) is 12.7. The number of carbonyl (C=O) groups excluding carboxylic acids is 2. The second kappa shape index (κ2) is 6.42. The van der Waals surface area contributed by atoms with Gasteiger partial charge >= 0.3 is 0 Å². The van der Waals surface area contributed by atoms with Crippen LogP contribution in [0.15, 0.2) is 42.5 Å². The number of nitrogens with zero attached hydrogens (tertiary/aromatic N) is 2. The third kappa shape index (κ3) is 3.01. The van der Waals surface area contributed by atoms with Crippen LogP contribution in [0.5, 0.6) is 0 Å². The molecule has 2 aromatic carbocycles. The molecule has 0 unspecified atom stereocenters. The van der Waals surface area contributed by atoms with E-state index in [0.717, 1.165) is 26.6 Å². The van der Waals surface area contributed by atoms with Crippen LogP contribution in [0.2, 0.25) is 0 Å². The fraction of sp³-hybridized carbons (Fsp3) is 0.211. The number of aromatic nitrogens is 1. The number of hydrogen-bond acceptors (Lipinski definition) is 5. The largest absolute Gasteiger partial charge is 0.374 e. The van der Waals surface area contributed by atoms with Crippen LogP contribution in [0.4, 0.5) is 17.1 Å².